The molecule has 2 rings (SSSR count). The molecule has 1 aliphatic rings. The summed E-state index contributed by atoms with van der Waals surface area (Å²) in [6.07, 6.45) is 0.884. The molecule has 72 valence electrons. The Hall–Kier alpha value is 0.140. The number of rotatable bonds is 2. The first-order valence-corrected chi connectivity index (χ1v) is 6.05. The van der Waals surface area contributed by atoms with Crippen molar-refractivity contribution < 1.29 is 5.11 Å². The largest absolute Gasteiger partial charge is 0.387 e. The second-order valence-corrected chi connectivity index (χ2v) is 6.88. The van der Waals surface area contributed by atoms with E-state index in [0.29, 0.717) is 11.3 Å². The lowest BCUT2D eigenvalue weighted by atomic mass is 10.1. The van der Waals surface area contributed by atoms with Gasteiger partial charge in [-0.1, -0.05) is 13.8 Å². The normalized spacial score (nSPS) is 27.2. The lowest BCUT2D eigenvalue weighted by Gasteiger charge is -2.09. The minimum atomic E-state index is -0.258. The summed E-state index contributed by atoms with van der Waals surface area (Å²) in [5.41, 5.74) is 0.343. The van der Waals surface area contributed by atoms with Gasteiger partial charge in [-0.25, -0.2) is 0 Å². The number of hydrogen-bond acceptors (Lipinski definition) is 2. The summed E-state index contributed by atoms with van der Waals surface area (Å²) >= 11 is 5.04. The van der Waals surface area contributed by atoms with Crippen LogP contribution in [0.5, 0.6) is 0 Å². The molecule has 1 nitrogen and oxygen atoms in total. The van der Waals surface area contributed by atoms with Crippen molar-refractivity contribution in [3.63, 3.8) is 0 Å². The van der Waals surface area contributed by atoms with Crippen LogP contribution in [0.3, 0.4) is 0 Å². The Kier molecular flexibility index (Phi) is 2.29. The van der Waals surface area contributed by atoms with E-state index >= 15 is 0 Å². The van der Waals surface area contributed by atoms with Gasteiger partial charge in [-0.05, 0) is 45.8 Å². The van der Waals surface area contributed by atoms with Crippen LogP contribution >= 0.6 is 27.3 Å². The SMILES string of the molecule is CC1(C)CC1C(O)c1ccc(Br)s1. The lowest BCUT2D eigenvalue weighted by Crippen LogP contribution is -2.02. The van der Waals surface area contributed by atoms with Gasteiger partial charge in [0.1, 0.15) is 0 Å². The summed E-state index contributed by atoms with van der Waals surface area (Å²) in [7, 11) is 0. The van der Waals surface area contributed by atoms with Crippen molar-refractivity contribution in [1.82, 2.24) is 0 Å². The highest BCUT2D eigenvalue weighted by Gasteiger charge is 2.50. The first-order chi connectivity index (χ1) is 6.00. The van der Waals surface area contributed by atoms with Gasteiger partial charge < -0.3 is 5.11 Å². The molecule has 1 saturated carbocycles. The number of aliphatic hydroxyl groups excluding tert-OH is 1. The molecule has 0 aliphatic heterocycles. The van der Waals surface area contributed by atoms with E-state index in [-0.39, 0.29) is 6.10 Å². The molecular weight excluding hydrogens is 248 g/mol. The number of halogens is 1. The van der Waals surface area contributed by atoms with Crippen molar-refractivity contribution in [2.45, 2.75) is 26.4 Å². The maximum atomic E-state index is 10.00. The predicted molar refractivity (Wildman–Crippen MR) is 58.9 cm³/mol. The van der Waals surface area contributed by atoms with E-state index in [2.05, 4.69) is 29.8 Å². The van der Waals surface area contributed by atoms with Crippen LogP contribution < -0.4 is 0 Å². The number of hydrogen-bond donors (Lipinski definition) is 1. The summed E-state index contributed by atoms with van der Waals surface area (Å²) in [5.74, 6) is 0.457. The first-order valence-electron chi connectivity index (χ1n) is 4.44. The van der Waals surface area contributed by atoms with E-state index in [0.717, 1.165) is 15.1 Å². The van der Waals surface area contributed by atoms with E-state index in [4.69, 9.17) is 0 Å². The Morgan fingerprint density at radius 2 is 2.23 bits per heavy atom. The second-order valence-electron chi connectivity index (χ2n) is 4.39. The van der Waals surface area contributed by atoms with Crippen molar-refractivity contribution in [3.8, 4) is 0 Å². The molecule has 0 aromatic carbocycles. The Morgan fingerprint density at radius 1 is 1.62 bits per heavy atom. The molecular formula is C10H13BrOS. The van der Waals surface area contributed by atoms with Crippen LogP contribution in [0.2, 0.25) is 0 Å². The van der Waals surface area contributed by atoms with Crippen molar-refractivity contribution in [2.75, 3.05) is 0 Å². The predicted octanol–water partition coefficient (Wildman–Crippen LogP) is 3.59. The minimum Gasteiger partial charge on any atom is -0.387 e. The molecule has 1 aliphatic carbocycles. The first kappa shape index (κ1) is 9.69. The van der Waals surface area contributed by atoms with Crippen LogP contribution in [-0.2, 0) is 0 Å². The van der Waals surface area contributed by atoms with Crippen molar-refractivity contribution in [2.24, 2.45) is 11.3 Å². The topological polar surface area (TPSA) is 20.2 Å². The fourth-order valence-electron chi connectivity index (χ4n) is 1.73. The van der Waals surface area contributed by atoms with Crippen LogP contribution in [0.15, 0.2) is 15.9 Å². The van der Waals surface area contributed by atoms with Gasteiger partial charge in [-0.15, -0.1) is 11.3 Å². The summed E-state index contributed by atoms with van der Waals surface area (Å²) in [6, 6.07) is 4.01. The van der Waals surface area contributed by atoms with Crippen LogP contribution in [0.25, 0.3) is 0 Å². The summed E-state index contributed by atoms with van der Waals surface area (Å²) < 4.78 is 1.10. The highest BCUT2D eigenvalue weighted by Crippen LogP contribution is 2.58. The highest BCUT2D eigenvalue weighted by molar-refractivity contribution is 9.11. The van der Waals surface area contributed by atoms with Gasteiger partial charge in [0.2, 0.25) is 0 Å². The van der Waals surface area contributed by atoms with Crippen LogP contribution in [0.1, 0.15) is 31.2 Å². The van der Waals surface area contributed by atoms with Gasteiger partial charge in [0.25, 0.3) is 0 Å². The molecule has 0 bridgehead atoms. The minimum absolute atomic E-state index is 0.258. The zero-order valence-electron chi connectivity index (χ0n) is 7.75. The molecule has 3 heteroatoms. The molecule has 0 amide bonds. The zero-order valence-corrected chi connectivity index (χ0v) is 10.2. The van der Waals surface area contributed by atoms with Gasteiger partial charge in [0, 0.05) is 4.88 Å². The van der Waals surface area contributed by atoms with Crippen molar-refractivity contribution in [1.29, 1.82) is 0 Å². The zero-order chi connectivity index (χ0) is 9.64. The monoisotopic (exact) mass is 260 g/mol. The maximum Gasteiger partial charge on any atom is 0.0915 e. The quantitative estimate of drug-likeness (QED) is 0.862. The maximum absolute atomic E-state index is 10.00. The van der Waals surface area contributed by atoms with E-state index in [1.165, 1.54) is 0 Å². The molecule has 2 unspecified atom stereocenters. The van der Waals surface area contributed by atoms with Gasteiger partial charge in [0.15, 0.2) is 0 Å². The molecule has 1 aromatic heterocycles. The van der Waals surface area contributed by atoms with E-state index in [1.807, 2.05) is 12.1 Å². The molecule has 0 saturated heterocycles. The van der Waals surface area contributed by atoms with Gasteiger partial charge in [0.05, 0.1) is 9.89 Å². The molecule has 1 heterocycles. The molecule has 0 radical (unpaired) electrons. The number of aliphatic hydroxyl groups is 1. The van der Waals surface area contributed by atoms with E-state index in [1.54, 1.807) is 11.3 Å². The van der Waals surface area contributed by atoms with Gasteiger partial charge in [-0.2, -0.15) is 0 Å². The molecule has 1 aromatic rings. The van der Waals surface area contributed by atoms with Crippen LogP contribution in [0, 0.1) is 11.3 Å². The van der Waals surface area contributed by atoms with Crippen LogP contribution in [-0.4, -0.2) is 5.11 Å². The standard InChI is InChI=1S/C10H13BrOS/c1-10(2)5-6(10)9(12)7-3-4-8(11)13-7/h3-4,6,9,12H,5H2,1-2H3. The average Bonchev–Trinajstić information content (AvgIpc) is 2.47. The fraction of sp³-hybridized carbons (Fsp3) is 0.600. The lowest BCUT2D eigenvalue weighted by molar-refractivity contribution is 0.142. The third-order valence-electron chi connectivity index (χ3n) is 2.86. The average molecular weight is 261 g/mol. The molecule has 2 atom stereocenters. The van der Waals surface area contributed by atoms with Gasteiger partial charge in [-0.3, -0.25) is 0 Å². The Bertz CT molecular complexity index is 318. The highest BCUT2D eigenvalue weighted by atomic mass is 79.9. The Balaban J connectivity index is 2.11. The van der Waals surface area contributed by atoms with E-state index < -0.39 is 0 Å². The third-order valence-corrected chi connectivity index (χ3v) is 4.55. The number of thiophene rings is 1. The second kappa shape index (κ2) is 3.07. The smallest absolute Gasteiger partial charge is 0.0915 e. The molecule has 13 heavy (non-hydrogen) atoms. The van der Waals surface area contributed by atoms with Crippen molar-refractivity contribution in [3.05, 3.63) is 20.8 Å². The van der Waals surface area contributed by atoms with E-state index in [9.17, 15) is 5.11 Å². The summed E-state index contributed by atoms with van der Waals surface area (Å²) in [4.78, 5) is 1.09. The summed E-state index contributed by atoms with van der Waals surface area (Å²) in [6.45, 7) is 4.42. The molecule has 1 fully saturated rings. The molecule has 0 spiro atoms. The van der Waals surface area contributed by atoms with Gasteiger partial charge >= 0.3 is 0 Å². The molecule has 1 N–H and O–H groups in total. The fourth-order valence-corrected chi connectivity index (χ4v) is 3.21. The Labute approximate surface area is 90.9 Å². The van der Waals surface area contributed by atoms with Crippen LogP contribution in [0.4, 0.5) is 0 Å². The van der Waals surface area contributed by atoms with Crippen molar-refractivity contribution >= 4 is 27.3 Å². The Morgan fingerprint density at radius 3 is 2.62 bits per heavy atom. The third kappa shape index (κ3) is 1.83. The summed E-state index contributed by atoms with van der Waals surface area (Å²) in [5, 5.41) is 10.00.